The monoisotopic (exact) mass is 538 g/mol. The molecular formula is C20H14N2O10S3. The molecule has 0 saturated heterocycles. The fourth-order valence-corrected chi connectivity index (χ4v) is 5.44. The van der Waals surface area contributed by atoms with E-state index in [1.54, 1.807) is 12.1 Å². The molecule has 0 aromatic heterocycles. The standard InChI is InChI=1S/C20H14N2O10S3/c23-19-17(34(27,28)29)10-12-9-13(33(24,25)26)6-7-14(12)18(19)22-21-16-8-5-11-3-1-2-4-15(11)20(16)35(30,31)32/h1-10,23H,(H,24,25,26)(H,27,28,29)(H,30,31,32). The first-order valence-corrected chi connectivity index (χ1v) is 13.7. The van der Waals surface area contributed by atoms with Gasteiger partial charge in [-0.3, -0.25) is 13.7 Å². The Kier molecular flexibility index (Phi) is 5.87. The van der Waals surface area contributed by atoms with Gasteiger partial charge in [-0.25, -0.2) is 0 Å². The highest BCUT2D eigenvalue weighted by Gasteiger charge is 2.24. The van der Waals surface area contributed by atoms with Crippen LogP contribution in [0.1, 0.15) is 0 Å². The third kappa shape index (κ3) is 4.72. The van der Waals surface area contributed by atoms with Crippen LogP contribution in [-0.2, 0) is 30.4 Å². The largest absolute Gasteiger partial charge is 0.504 e. The zero-order valence-electron chi connectivity index (χ0n) is 17.1. The molecule has 4 aromatic rings. The van der Waals surface area contributed by atoms with Gasteiger partial charge in [0.1, 0.15) is 21.2 Å². The first-order chi connectivity index (χ1) is 16.2. The maximum absolute atomic E-state index is 12.1. The molecule has 0 heterocycles. The van der Waals surface area contributed by atoms with Crippen LogP contribution in [0, 0.1) is 0 Å². The number of rotatable bonds is 5. The number of azo groups is 1. The third-order valence-corrected chi connectivity index (χ3v) is 7.63. The van der Waals surface area contributed by atoms with Gasteiger partial charge in [0.2, 0.25) is 0 Å². The van der Waals surface area contributed by atoms with Crippen molar-refractivity contribution >= 4 is 63.3 Å². The zero-order valence-corrected chi connectivity index (χ0v) is 19.6. The summed E-state index contributed by atoms with van der Waals surface area (Å²) in [5.41, 5.74) is -0.919. The van der Waals surface area contributed by atoms with Crippen LogP contribution in [0.4, 0.5) is 11.4 Å². The van der Waals surface area contributed by atoms with Crippen LogP contribution in [0.3, 0.4) is 0 Å². The Morgan fingerprint density at radius 2 is 1.31 bits per heavy atom. The molecular weight excluding hydrogens is 524 g/mol. The predicted octanol–water partition coefficient (Wildman–Crippen LogP) is 3.85. The lowest BCUT2D eigenvalue weighted by atomic mass is 10.1. The van der Waals surface area contributed by atoms with Crippen LogP contribution in [0.15, 0.2) is 85.6 Å². The predicted molar refractivity (Wildman–Crippen MR) is 123 cm³/mol. The minimum atomic E-state index is -5.04. The van der Waals surface area contributed by atoms with Gasteiger partial charge in [-0.2, -0.15) is 25.3 Å². The summed E-state index contributed by atoms with van der Waals surface area (Å²) in [4.78, 5) is -2.24. The number of hydrogen-bond acceptors (Lipinski definition) is 9. The Bertz CT molecular complexity index is 1880. The minimum Gasteiger partial charge on any atom is -0.504 e. The summed E-state index contributed by atoms with van der Waals surface area (Å²) >= 11 is 0. The zero-order chi connectivity index (χ0) is 25.8. The Hall–Kier alpha value is -3.47. The second kappa shape index (κ2) is 8.33. The van der Waals surface area contributed by atoms with E-state index in [1.807, 2.05) is 0 Å². The maximum atomic E-state index is 12.1. The quantitative estimate of drug-likeness (QED) is 0.213. The summed E-state index contributed by atoms with van der Waals surface area (Å²) < 4.78 is 99.2. The van der Waals surface area contributed by atoms with Crippen molar-refractivity contribution in [2.24, 2.45) is 10.2 Å². The summed E-state index contributed by atoms with van der Waals surface area (Å²) in [6.07, 6.45) is 0. The molecule has 0 aliphatic carbocycles. The fraction of sp³-hybridized carbons (Fsp3) is 0. The van der Waals surface area contributed by atoms with Crippen molar-refractivity contribution < 1.29 is 44.0 Å². The number of hydrogen-bond donors (Lipinski definition) is 4. The maximum Gasteiger partial charge on any atom is 0.298 e. The minimum absolute atomic E-state index is 0.0553. The van der Waals surface area contributed by atoms with Crippen LogP contribution in [0.2, 0.25) is 0 Å². The lowest BCUT2D eigenvalue weighted by Crippen LogP contribution is -2.01. The van der Waals surface area contributed by atoms with Gasteiger partial charge >= 0.3 is 0 Å². The second-order valence-electron chi connectivity index (χ2n) is 7.22. The van der Waals surface area contributed by atoms with Gasteiger partial charge in [-0.1, -0.05) is 36.4 Å². The number of fused-ring (bicyclic) bond motifs is 2. The first kappa shape index (κ1) is 24.6. The SMILES string of the molecule is O=S(=O)(O)c1ccc2c(N=Nc3ccc4ccccc4c3S(=O)(=O)O)c(O)c(S(=O)(=O)O)cc2c1. The van der Waals surface area contributed by atoms with Gasteiger partial charge in [0.25, 0.3) is 30.4 Å². The smallest absolute Gasteiger partial charge is 0.298 e. The number of benzene rings is 4. The lowest BCUT2D eigenvalue weighted by molar-refractivity contribution is 0.445. The average molecular weight is 539 g/mol. The molecule has 0 bridgehead atoms. The molecule has 4 aromatic carbocycles. The molecule has 0 saturated carbocycles. The second-order valence-corrected chi connectivity index (χ2v) is 11.4. The number of phenols is 1. The van der Waals surface area contributed by atoms with E-state index >= 15 is 0 Å². The molecule has 4 N–H and O–H groups in total. The topological polar surface area (TPSA) is 208 Å². The molecule has 182 valence electrons. The van der Waals surface area contributed by atoms with E-state index in [4.69, 9.17) is 0 Å². The molecule has 0 spiro atoms. The highest BCUT2D eigenvalue weighted by atomic mass is 32.2. The van der Waals surface area contributed by atoms with Gasteiger partial charge in [0.05, 0.1) is 4.90 Å². The van der Waals surface area contributed by atoms with Gasteiger partial charge < -0.3 is 5.11 Å². The van der Waals surface area contributed by atoms with E-state index in [0.717, 1.165) is 24.3 Å². The molecule has 0 amide bonds. The first-order valence-electron chi connectivity index (χ1n) is 9.33. The highest BCUT2D eigenvalue weighted by Crippen LogP contribution is 2.42. The van der Waals surface area contributed by atoms with Gasteiger partial charge in [0.15, 0.2) is 5.75 Å². The Balaban J connectivity index is 2.03. The van der Waals surface area contributed by atoms with Crippen molar-refractivity contribution in [2.75, 3.05) is 0 Å². The molecule has 0 aliphatic heterocycles. The molecule has 0 atom stereocenters. The summed E-state index contributed by atoms with van der Waals surface area (Å²) in [5.74, 6) is -1.06. The van der Waals surface area contributed by atoms with Crippen molar-refractivity contribution in [2.45, 2.75) is 14.7 Å². The van der Waals surface area contributed by atoms with Crippen LogP contribution in [-0.4, -0.2) is 44.0 Å². The number of aromatic hydroxyl groups is 1. The summed E-state index contributed by atoms with van der Waals surface area (Å²) in [6, 6.07) is 12.5. The van der Waals surface area contributed by atoms with Crippen LogP contribution < -0.4 is 0 Å². The Labute approximate surface area is 198 Å². The van der Waals surface area contributed by atoms with E-state index in [9.17, 15) is 44.0 Å². The van der Waals surface area contributed by atoms with E-state index in [0.29, 0.717) is 5.39 Å². The molecule has 0 unspecified atom stereocenters. The van der Waals surface area contributed by atoms with Crippen molar-refractivity contribution in [1.82, 2.24) is 0 Å². The van der Waals surface area contributed by atoms with Crippen LogP contribution >= 0.6 is 0 Å². The molecule has 12 nitrogen and oxygen atoms in total. The highest BCUT2D eigenvalue weighted by molar-refractivity contribution is 7.86. The molecule has 35 heavy (non-hydrogen) atoms. The average Bonchev–Trinajstić information content (AvgIpc) is 2.75. The van der Waals surface area contributed by atoms with Gasteiger partial charge in [-0.05, 0) is 35.0 Å². The molecule has 15 heteroatoms. The number of phenolic OH excluding ortho intramolecular Hbond substituents is 1. The molecule has 0 radical (unpaired) electrons. The van der Waals surface area contributed by atoms with Crippen molar-refractivity contribution in [3.63, 3.8) is 0 Å². The van der Waals surface area contributed by atoms with Gasteiger partial charge in [0, 0.05) is 10.8 Å². The van der Waals surface area contributed by atoms with Crippen molar-refractivity contribution in [3.8, 4) is 5.75 Å². The van der Waals surface area contributed by atoms with E-state index in [2.05, 4.69) is 10.2 Å². The summed E-state index contributed by atoms with van der Waals surface area (Å²) in [7, 11) is -14.5. The molecule has 0 fully saturated rings. The summed E-state index contributed by atoms with van der Waals surface area (Å²) in [6.45, 7) is 0. The van der Waals surface area contributed by atoms with E-state index in [1.165, 1.54) is 24.3 Å². The normalized spacial score (nSPS) is 13.1. The van der Waals surface area contributed by atoms with Crippen molar-refractivity contribution in [3.05, 3.63) is 60.7 Å². The Morgan fingerprint density at radius 3 is 1.94 bits per heavy atom. The third-order valence-electron chi connectivity index (χ3n) is 4.97. The van der Waals surface area contributed by atoms with Crippen LogP contribution in [0.5, 0.6) is 5.75 Å². The van der Waals surface area contributed by atoms with Crippen LogP contribution in [0.25, 0.3) is 21.5 Å². The van der Waals surface area contributed by atoms with Crippen molar-refractivity contribution in [1.29, 1.82) is 0 Å². The lowest BCUT2D eigenvalue weighted by Gasteiger charge is -2.10. The number of nitrogens with zero attached hydrogens (tertiary/aromatic N) is 2. The molecule has 0 aliphatic rings. The fourth-order valence-electron chi connectivity index (χ4n) is 3.47. The van der Waals surface area contributed by atoms with E-state index < -0.39 is 56.5 Å². The molecule has 4 rings (SSSR count). The van der Waals surface area contributed by atoms with E-state index in [-0.39, 0.29) is 21.8 Å². The Morgan fingerprint density at radius 1 is 0.629 bits per heavy atom. The summed E-state index contributed by atoms with van der Waals surface area (Å²) in [5, 5.41) is 18.4. The van der Waals surface area contributed by atoms with Gasteiger partial charge in [-0.15, -0.1) is 10.2 Å².